The maximum atomic E-state index is 12.0. The number of nitrogens with zero attached hydrogens (tertiary/aromatic N) is 2. The van der Waals surface area contributed by atoms with Gasteiger partial charge in [0.25, 0.3) is 0 Å². The van der Waals surface area contributed by atoms with E-state index in [0.29, 0.717) is 0 Å². The summed E-state index contributed by atoms with van der Waals surface area (Å²) < 4.78 is 28.2. The molecule has 1 heterocycles. The number of sulfonamides is 1. The van der Waals surface area contributed by atoms with Gasteiger partial charge in [-0.3, -0.25) is 4.68 Å². The van der Waals surface area contributed by atoms with E-state index in [2.05, 4.69) is 9.82 Å². The van der Waals surface area contributed by atoms with Gasteiger partial charge in [-0.25, -0.2) is 13.1 Å². The van der Waals surface area contributed by atoms with Crippen molar-refractivity contribution in [3.63, 3.8) is 0 Å². The van der Waals surface area contributed by atoms with Crippen molar-refractivity contribution in [3.05, 3.63) is 12.4 Å². The topological polar surface area (TPSA) is 64.0 Å². The molecule has 0 amide bonds. The number of aryl methyl sites for hydroxylation is 1. The van der Waals surface area contributed by atoms with Gasteiger partial charge >= 0.3 is 0 Å². The van der Waals surface area contributed by atoms with Crippen molar-refractivity contribution >= 4 is 21.6 Å². The molecule has 1 aromatic rings. The molecular formula is C10H16ClN3O2S. The molecule has 96 valence electrons. The summed E-state index contributed by atoms with van der Waals surface area (Å²) in [5.74, 6) is 0. The van der Waals surface area contributed by atoms with Crippen LogP contribution in [0.15, 0.2) is 17.3 Å². The lowest BCUT2D eigenvalue weighted by Gasteiger charge is -2.25. The van der Waals surface area contributed by atoms with E-state index in [9.17, 15) is 8.42 Å². The highest BCUT2D eigenvalue weighted by molar-refractivity contribution is 7.89. The molecule has 1 aliphatic carbocycles. The summed E-state index contributed by atoms with van der Waals surface area (Å²) in [5.41, 5.74) is 0. The molecule has 0 spiro atoms. The zero-order valence-electron chi connectivity index (χ0n) is 9.63. The highest BCUT2D eigenvalue weighted by Crippen LogP contribution is 2.24. The van der Waals surface area contributed by atoms with Gasteiger partial charge in [0.1, 0.15) is 4.90 Å². The Bertz CT molecular complexity index is 477. The Hall–Kier alpha value is -0.590. The Labute approximate surface area is 106 Å². The van der Waals surface area contributed by atoms with Crippen molar-refractivity contribution in [1.29, 1.82) is 0 Å². The van der Waals surface area contributed by atoms with Gasteiger partial charge in [0, 0.05) is 24.7 Å². The van der Waals surface area contributed by atoms with Crippen molar-refractivity contribution in [2.24, 2.45) is 7.05 Å². The second-order valence-corrected chi connectivity index (χ2v) is 6.75. The van der Waals surface area contributed by atoms with E-state index in [1.807, 2.05) is 0 Å². The Morgan fingerprint density at radius 3 is 2.59 bits per heavy atom. The first-order valence-corrected chi connectivity index (χ1v) is 7.54. The number of nitrogens with one attached hydrogen (secondary N) is 1. The predicted octanol–water partition coefficient (Wildman–Crippen LogP) is 1.25. The lowest BCUT2D eigenvalue weighted by Crippen LogP contribution is -2.37. The van der Waals surface area contributed by atoms with Gasteiger partial charge < -0.3 is 0 Å². The number of hydrogen-bond acceptors (Lipinski definition) is 3. The third-order valence-corrected chi connectivity index (χ3v) is 4.88. The van der Waals surface area contributed by atoms with Crippen molar-refractivity contribution in [2.75, 3.05) is 0 Å². The van der Waals surface area contributed by atoms with Crippen molar-refractivity contribution in [2.45, 2.75) is 42.0 Å². The van der Waals surface area contributed by atoms with Gasteiger partial charge in [0.15, 0.2) is 0 Å². The van der Waals surface area contributed by atoms with E-state index < -0.39 is 10.0 Å². The van der Waals surface area contributed by atoms with Crippen LogP contribution in [0.25, 0.3) is 0 Å². The molecule has 1 N–H and O–H groups in total. The first-order chi connectivity index (χ1) is 7.97. The summed E-state index contributed by atoms with van der Waals surface area (Å²) in [6.07, 6.45) is 6.18. The fourth-order valence-electron chi connectivity index (χ4n) is 2.00. The van der Waals surface area contributed by atoms with Crippen LogP contribution in [0.4, 0.5) is 0 Å². The maximum absolute atomic E-state index is 12.0. The smallest absolute Gasteiger partial charge is 0.243 e. The van der Waals surface area contributed by atoms with Gasteiger partial charge in [-0.1, -0.05) is 0 Å². The average molecular weight is 278 g/mol. The second kappa shape index (κ2) is 4.96. The molecule has 1 saturated carbocycles. The summed E-state index contributed by atoms with van der Waals surface area (Å²) >= 11 is 5.98. The molecule has 7 heteroatoms. The minimum atomic E-state index is -3.43. The van der Waals surface area contributed by atoms with E-state index in [0.717, 1.165) is 25.7 Å². The van der Waals surface area contributed by atoms with Gasteiger partial charge in [0.05, 0.1) is 6.20 Å². The molecule has 5 nitrogen and oxygen atoms in total. The van der Waals surface area contributed by atoms with Crippen LogP contribution in [0.3, 0.4) is 0 Å². The summed E-state index contributed by atoms with van der Waals surface area (Å²) in [6.45, 7) is 0. The van der Waals surface area contributed by atoms with Crippen molar-refractivity contribution < 1.29 is 8.42 Å². The number of aromatic nitrogens is 2. The monoisotopic (exact) mass is 277 g/mol. The van der Waals surface area contributed by atoms with Crippen LogP contribution in [-0.2, 0) is 17.1 Å². The SMILES string of the molecule is Cn1cc(S(=O)(=O)NC2CCC(Cl)CC2)cn1. The minimum Gasteiger partial charge on any atom is -0.274 e. The molecule has 1 fully saturated rings. The molecule has 17 heavy (non-hydrogen) atoms. The third-order valence-electron chi connectivity index (χ3n) is 2.97. The first kappa shape index (κ1) is 12.9. The maximum Gasteiger partial charge on any atom is 0.243 e. The molecule has 2 rings (SSSR count). The average Bonchev–Trinajstić information content (AvgIpc) is 2.69. The highest BCUT2D eigenvalue weighted by Gasteiger charge is 2.25. The number of rotatable bonds is 3. The molecule has 0 saturated heterocycles. The van der Waals surface area contributed by atoms with E-state index in [4.69, 9.17) is 11.6 Å². The van der Waals surface area contributed by atoms with E-state index in [1.54, 1.807) is 7.05 Å². The number of hydrogen-bond donors (Lipinski definition) is 1. The van der Waals surface area contributed by atoms with E-state index in [1.165, 1.54) is 17.1 Å². The standard InChI is InChI=1S/C10H16ClN3O2S/c1-14-7-10(6-12-14)17(15,16)13-9-4-2-8(11)3-5-9/h6-9,13H,2-5H2,1H3. The van der Waals surface area contributed by atoms with Crippen LogP contribution >= 0.6 is 11.6 Å². The number of alkyl halides is 1. The summed E-state index contributed by atoms with van der Waals surface area (Å²) in [5, 5.41) is 4.05. The van der Waals surface area contributed by atoms with E-state index in [-0.39, 0.29) is 16.3 Å². The van der Waals surface area contributed by atoms with Crippen LogP contribution in [0.2, 0.25) is 0 Å². The van der Waals surface area contributed by atoms with Crippen LogP contribution < -0.4 is 4.72 Å². The molecular weight excluding hydrogens is 262 g/mol. The normalized spacial score (nSPS) is 26.0. The van der Waals surface area contributed by atoms with Crippen LogP contribution in [0.1, 0.15) is 25.7 Å². The molecule has 0 atom stereocenters. The van der Waals surface area contributed by atoms with Gasteiger partial charge in [0.2, 0.25) is 10.0 Å². The zero-order chi connectivity index (χ0) is 12.5. The minimum absolute atomic E-state index is 0.00444. The summed E-state index contributed by atoms with van der Waals surface area (Å²) in [6, 6.07) is -0.00444. The quantitative estimate of drug-likeness (QED) is 0.846. The van der Waals surface area contributed by atoms with Gasteiger partial charge in [-0.15, -0.1) is 11.6 Å². The van der Waals surface area contributed by atoms with E-state index >= 15 is 0 Å². The molecule has 0 unspecified atom stereocenters. The van der Waals surface area contributed by atoms with Crippen molar-refractivity contribution in [3.8, 4) is 0 Å². The molecule has 1 aliphatic rings. The zero-order valence-corrected chi connectivity index (χ0v) is 11.2. The Morgan fingerprint density at radius 2 is 2.06 bits per heavy atom. The van der Waals surface area contributed by atoms with Crippen molar-refractivity contribution in [1.82, 2.24) is 14.5 Å². The summed E-state index contributed by atoms with van der Waals surface area (Å²) in [4.78, 5) is 0.216. The third kappa shape index (κ3) is 3.20. The molecule has 0 aliphatic heterocycles. The molecule has 0 radical (unpaired) electrons. The Balaban J connectivity index is 2.03. The highest BCUT2D eigenvalue weighted by atomic mass is 35.5. The number of halogens is 1. The fraction of sp³-hybridized carbons (Fsp3) is 0.700. The first-order valence-electron chi connectivity index (χ1n) is 5.62. The largest absolute Gasteiger partial charge is 0.274 e. The lowest BCUT2D eigenvalue weighted by molar-refractivity contribution is 0.416. The van der Waals surface area contributed by atoms with Gasteiger partial charge in [-0.2, -0.15) is 5.10 Å². The molecule has 0 aromatic carbocycles. The second-order valence-electron chi connectivity index (χ2n) is 4.42. The van der Waals surface area contributed by atoms with Crippen LogP contribution in [-0.4, -0.2) is 29.6 Å². The Morgan fingerprint density at radius 1 is 1.41 bits per heavy atom. The summed E-state index contributed by atoms with van der Waals surface area (Å²) in [7, 11) is -1.74. The van der Waals surface area contributed by atoms with Gasteiger partial charge in [-0.05, 0) is 25.7 Å². The lowest BCUT2D eigenvalue weighted by atomic mass is 9.96. The van der Waals surface area contributed by atoms with Crippen LogP contribution in [0, 0.1) is 0 Å². The molecule has 1 aromatic heterocycles. The fourth-order valence-corrected chi connectivity index (χ4v) is 3.54. The Kier molecular flexibility index (Phi) is 3.75. The predicted molar refractivity (Wildman–Crippen MR) is 65.4 cm³/mol. The van der Waals surface area contributed by atoms with Crippen LogP contribution in [0.5, 0.6) is 0 Å². The molecule has 0 bridgehead atoms.